The van der Waals surface area contributed by atoms with Gasteiger partial charge in [0.15, 0.2) is 0 Å². The van der Waals surface area contributed by atoms with Crippen molar-refractivity contribution in [2.75, 3.05) is 19.6 Å². The average molecular weight is 308 g/mol. The largest absolute Gasteiger partial charge is 0.323 e. The van der Waals surface area contributed by atoms with Gasteiger partial charge in [-0.15, -0.1) is 0 Å². The Kier molecular flexibility index (Phi) is 3.77. The smallest absolute Gasteiger partial charge is 0.138 e. The Labute approximate surface area is 137 Å². The molecule has 4 rings (SSSR count). The van der Waals surface area contributed by atoms with Crippen LogP contribution in [-0.4, -0.2) is 39.9 Å². The maximum Gasteiger partial charge on any atom is 0.138 e. The van der Waals surface area contributed by atoms with E-state index >= 15 is 0 Å². The van der Waals surface area contributed by atoms with E-state index in [4.69, 9.17) is 0 Å². The van der Waals surface area contributed by atoms with Gasteiger partial charge in [-0.05, 0) is 45.0 Å². The number of hydrogen-bond donors (Lipinski definition) is 0. The third-order valence-corrected chi connectivity index (χ3v) is 5.35. The molecule has 4 nitrogen and oxygen atoms in total. The summed E-state index contributed by atoms with van der Waals surface area (Å²) in [6.45, 7) is 6.77. The zero-order valence-corrected chi connectivity index (χ0v) is 13.3. The summed E-state index contributed by atoms with van der Waals surface area (Å²) in [5.41, 5.74) is 3.60. The lowest BCUT2D eigenvalue weighted by Gasteiger charge is -2.30. The molecule has 1 aromatic carbocycles. The molecule has 0 N–H and O–H groups in total. The van der Waals surface area contributed by atoms with E-state index in [-0.39, 0.29) is 12.0 Å². The Bertz CT molecular complexity index is 713. The molecule has 119 valence electrons. The highest BCUT2D eigenvalue weighted by atomic mass is 16.1. The van der Waals surface area contributed by atoms with Crippen LogP contribution in [-0.2, 0) is 4.79 Å². The van der Waals surface area contributed by atoms with Crippen LogP contribution in [0.5, 0.6) is 0 Å². The number of Topliss-reactive ketones (excluding diaryl/α,β-unsaturated/α-hetero) is 1. The van der Waals surface area contributed by atoms with Gasteiger partial charge in [0.25, 0.3) is 0 Å². The lowest BCUT2D eigenvalue weighted by molar-refractivity contribution is -0.124. The minimum atomic E-state index is 0.113. The Morgan fingerprint density at radius 1 is 1.26 bits per heavy atom. The number of carbonyl (C=O) groups excluding carboxylic acids is 1. The molecule has 1 saturated heterocycles. The van der Waals surface area contributed by atoms with Crippen LogP contribution in [0.25, 0.3) is 11.3 Å². The predicted molar refractivity (Wildman–Crippen MR) is 89.9 cm³/mol. The summed E-state index contributed by atoms with van der Waals surface area (Å²) in [6.07, 6.45) is 6.28. The number of hydrogen-bond acceptors (Lipinski definition) is 3. The zero-order valence-electron chi connectivity index (χ0n) is 13.3. The number of imidazole rings is 1. The first-order valence-corrected chi connectivity index (χ1v) is 8.43. The van der Waals surface area contributed by atoms with Crippen LogP contribution in [0, 0.1) is 12.8 Å². The Balaban J connectivity index is 1.52. The van der Waals surface area contributed by atoms with Gasteiger partial charge in [0.05, 0.1) is 24.3 Å². The average Bonchev–Trinajstić information content (AvgIpc) is 3.18. The SMILES string of the molecule is [CH2]CN1CCC(C(=O)CC2c3ccccc3-c3cncn32)CC1. The Morgan fingerprint density at radius 3 is 2.83 bits per heavy atom. The van der Waals surface area contributed by atoms with E-state index in [1.165, 1.54) is 11.1 Å². The van der Waals surface area contributed by atoms with E-state index in [1.807, 2.05) is 12.5 Å². The van der Waals surface area contributed by atoms with Crippen molar-refractivity contribution in [3.8, 4) is 11.3 Å². The highest BCUT2D eigenvalue weighted by Crippen LogP contribution is 2.41. The van der Waals surface area contributed by atoms with Crippen molar-refractivity contribution in [1.82, 2.24) is 14.5 Å². The monoisotopic (exact) mass is 308 g/mol. The third-order valence-electron chi connectivity index (χ3n) is 5.35. The third kappa shape index (κ3) is 2.51. The van der Waals surface area contributed by atoms with Gasteiger partial charge in [-0.1, -0.05) is 24.3 Å². The number of rotatable bonds is 4. The van der Waals surface area contributed by atoms with E-state index in [0.717, 1.165) is 38.2 Å². The molecule has 1 atom stereocenters. The van der Waals surface area contributed by atoms with Crippen molar-refractivity contribution in [1.29, 1.82) is 0 Å². The number of ketones is 1. The highest BCUT2D eigenvalue weighted by Gasteiger charge is 2.32. The van der Waals surface area contributed by atoms with Gasteiger partial charge in [0.1, 0.15) is 5.78 Å². The lowest BCUT2D eigenvalue weighted by atomic mass is 9.88. The number of nitrogens with zero attached hydrogens (tertiary/aromatic N) is 3. The van der Waals surface area contributed by atoms with E-state index in [1.54, 1.807) is 0 Å². The van der Waals surface area contributed by atoms with E-state index in [9.17, 15) is 4.79 Å². The Morgan fingerprint density at radius 2 is 2.04 bits per heavy atom. The van der Waals surface area contributed by atoms with Crippen LogP contribution < -0.4 is 0 Å². The summed E-state index contributed by atoms with van der Waals surface area (Å²) in [5.74, 6) is 0.604. The van der Waals surface area contributed by atoms with Crippen LogP contribution in [0.1, 0.15) is 30.9 Å². The first-order valence-electron chi connectivity index (χ1n) is 8.43. The molecule has 0 spiro atoms. The number of benzene rings is 1. The number of aromatic nitrogens is 2. The molecule has 3 heterocycles. The van der Waals surface area contributed by atoms with Crippen molar-refractivity contribution in [2.45, 2.75) is 25.3 Å². The molecular weight excluding hydrogens is 286 g/mol. The van der Waals surface area contributed by atoms with Crippen molar-refractivity contribution in [2.24, 2.45) is 5.92 Å². The minimum absolute atomic E-state index is 0.113. The van der Waals surface area contributed by atoms with Crippen molar-refractivity contribution in [3.63, 3.8) is 0 Å². The van der Waals surface area contributed by atoms with Crippen LogP contribution in [0.15, 0.2) is 36.8 Å². The molecule has 0 amide bonds. The van der Waals surface area contributed by atoms with Gasteiger partial charge in [0, 0.05) is 17.9 Å². The predicted octanol–water partition coefficient (Wildman–Crippen LogP) is 2.96. The van der Waals surface area contributed by atoms with Gasteiger partial charge in [-0.3, -0.25) is 4.79 Å². The minimum Gasteiger partial charge on any atom is -0.323 e. The first-order chi connectivity index (χ1) is 11.3. The van der Waals surface area contributed by atoms with Crippen LogP contribution in [0.3, 0.4) is 0 Å². The molecule has 1 fully saturated rings. The van der Waals surface area contributed by atoms with Gasteiger partial charge < -0.3 is 9.47 Å². The van der Waals surface area contributed by atoms with Crippen molar-refractivity contribution in [3.05, 3.63) is 49.3 Å². The van der Waals surface area contributed by atoms with E-state index < -0.39 is 0 Å². The van der Waals surface area contributed by atoms with Gasteiger partial charge in [-0.25, -0.2) is 4.98 Å². The van der Waals surface area contributed by atoms with E-state index in [0.29, 0.717) is 12.2 Å². The van der Waals surface area contributed by atoms with Crippen LogP contribution in [0.2, 0.25) is 0 Å². The molecular formula is C19H22N3O. The normalized spacial score (nSPS) is 21.2. The molecule has 0 bridgehead atoms. The second kappa shape index (κ2) is 5.93. The molecule has 23 heavy (non-hydrogen) atoms. The summed E-state index contributed by atoms with van der Waals surface area (Å²) >= 11 is 0. The van der Waals surface area contributed by atoms with Gasteiger partial charge in [0.2, 0.25) is 0 Å². The fourth-order valence-electron chi connectivity index (χ4n) is 3.98. The molecule has 2 aliphatic rings. The Hall–Kier alpha value is -1.94. The molecule has 1 unspecified atom stereocenters. The maximum absolute atomic E-state index is 12.8. The number of fused-ring (bicyclic) bond motifs is 3. The summed E-state index contributed by atoms with van der Waals surface area (Å²) in [7, 11) is 0. The van der Waals surface area contributed by atoms with E-state index in [2.05, 4.69) is 45.6 Å². The highest BCUT2D eigenvalue weighted by molar-refractivity contribution is 5.83. The molecule has 2 aliphatic heterocycles. The lowest BCUT2D eigenvalue weighted by Crippen LogP contribution is -2.36. The topological polar surface area (TPSA) is 38.1 Å². The summed E-state index contributed by atoms with van der Waals surface area (Å²) in [4.78, 5) is 19.4. The maximum atomic E-state index is 12.8. The van der Waals surface area contributed by atoms with Crippen LogP contribution in [0.4, 0.5) is 0 Å². The molecule has 0 aliphatic carbocycles. The second-order valence-corrected chi connectivity index (χ2v) is 6.58. The summed E-state index contributed by atoms with van der Waals surface area (Å²) < 4.78 is 2.16. The van der Waals surface area contributed by atoms with Crippen molar-refractivity contribution < 1.29 is 4.79 Å². The summed E-state index contributed by atoms with van der Waals surface area (Å²) in [6, 6.07) is 8.49. The fourth-order valence-corrected chi connectivity index (χ4v) is 3.98. The van der Waals surface area contributed by atoms with Crippen molar-refractivity contribution >= 4 is 5.78 Å². The number of piperidine rings is 1. The second-order valence-electron chi connectivity index (χ2n) is 6.58. The fraction of sp³-hybridized carbons (Fsp3) is 0.421. The molecule has 1 aromatic heterocycles. The number of carbonyl (C=O) groups is 1. The first kappa shape index (κ1) is 14.6. The van der Waals surface area contributed by atoms with Crippen LogP contribution >= 0.6 is 0 Å². The zero-order chi connectivity index (χ0) is 15.8. The number of likely N-dealkylation sites (tertiary alicyclic amines) is 1. The van der Waals surface area contributed by atoms with Gasteiger partial charge in [-0.2, -0.15) is 0 Å². The summed E-state index contributed by atoms with van der Waals surface area (Å²) in [5, 5.41) is 0. The molecule has 1 radical (unpaired) electrons. The standard InChI is InChI=1S/C19H22N3O/c1-2-21-9-7-14(8-10-21)19(23)11-17-15-5-3-4-6-16(15)18-12-20-13-22(17)18/h3-6,12-14,17H,1-2,7-11H2. The molecule has 4 heteroatoms. The molecule has 2 aromatic rings. The molecule has 0 saturated carbocycles. The quantitative estimate of drug-likeness (QED) is 0.871. The van der Waals surface area contributed by atoms with Gasteiger partial charge >= 0.3 is 0 Å².